The van der Waals surface area contributed by atoms with Gasteiger partial charge in [-0.1, -0.05) is 25.1 Å². The van der Waals surface area contributed by atoms with Crippen LogP contribution in [0.5, 0.6) is 0 Å². The van der Waals surface area contributed by atoms with Crippen LogP contribution in [-0.4, -0.2) is 13.0 Å². The van der Waals surface area contributed by atoms with Crippen LogP contribution in [0.15, 0.2) is 29.2 Å². The summed E-state index contributed by atoms with van der Waals surface area (Å²) >= 11 is 0. The molecule has 1 aromatic rings. The topological polar surface area (TPSA) is 54.4 Å². The molecule has 0 saturated heterocycles. The minimum atomic E-state index is -4.05. The second-order valence-electron chi connectivity index (χ2n) is 2.44. The van der Waals surface area contributed by atoms with Gasteiger partial charge >= 0.3 is 29.6 Å². The van der Waals surface area contributed by atoms with Gasteiger partial charge in [-0.3, -0.25) is 4.55 Å². The second kappa shape index (κ2) is 5.12. The van der Waals surface area contributed by atoms with E-state index in [0.29, 0.717) is 12.0 Å². The summed E-state index contributed by atoms with van der Waals surface area (Å²) in [5, 5.41) is 0. The third-order valence-electron chi connectivity index (χ3n) is 1.63. The Morgan fingerprint density at radius 1 is 1.38 bits per heavy atom. The van der Waals surface area contributed by atoms with E-state index in [4.69, 9.17) is 4.55 Å². The van der Waals surface area contributed by atoms with Crippen molar-refractivity contribution in [3.63, 3.8) is 0 Å². The van der Waals surface area contributed by atoms with Crippen LogP contribution < -0.4 is 29.6 Å². The number of hydrogen-bond acceptors (Lipinski definition) is 2. The van der Waals surface area contributed by atoms with Crippen LogP contribution in [0.1, 0.15) is 13.9 Å². The summed E-state index contributed by atoms with van der Waals surface area (Å²) in [4.78, 5) is 0.00694. The molecule has 0 bridgehead atoms. The van der Waals surface area contributed by atoms with Crippen molar-refractivity contribution >= 4 is 10.1 Å². The maximum Gasteiger partial charge on any atom is 1.00 e. The van der Waals surface area contributed by atoms with E-state index in [0.717, 1.165) is 0 Å². The van der Waals surface area contributed by atoms with Gasteiger partial charge in [0.05, 0.1) is 4.90 Å². The molecule has 3 nitrogen and oxygen atoms in total. The molecule has 0 saturated carbocycles. The third-order valence-corrected chi connectivity index (χ3v) is 2.59. The van der Waals surface area contributed by atoms with Crippen LogP contribution in [0.4, 0.5) is 0 Å². The Hall–Kier alpha value is 0.130. The smallest absolute Gasteiger partial charge is 1.00 e. The molecule has 1 aromatic carbocycles. The molecule has 1 N–H and O–H groups in total. The molecule has 0 aliphatic heterocycles. The fourth-order valence-corrected chi connectivity index (χ4v) is 1.84. The Kier molecular flexibility index (Phi) is 5.17. The van der Waals surface area contributed by atoms with Crippen molar-refractivity contribution in [3.8, 4) is 0 Å². The first-order valence-electron chi connectivity index (χ1n) is 3.61. The van der Waals surface area contributed by atoms with Crippen molar-refractivity contribution in [1.82, 2.24) is 0 Å². The summed E-state index contributed by atoms with van der Waals surface area (Å²) < 4.78 is 30.3. The normalized spacial score (nSPS) is 10.6. The standard InChI is InChI=1S/C8H10O3S.Na.H/c1-2-7-5-3-4-6-8(7)12(9,10)11;;/h3-6H,2H2,1H3,(H,9,10,11);;/q;+1;-1. The molecule has 1 rings (SSSR count). The predicted octanol–water partition coefficient (Wildman–Crippen LogP) is -1.39. The van der Waals surface area contributed by atoms with Gasteiger partial charge in [0.25, 0.3) is 10.1 Å². The molecule has 0 atom stereocenters. The van der Waals surface area contributed by atoms with Gasteiger partial charge < -0.3 is 1.43 Å². The number of aryl methyl sites for hydroxylation is 1. The molecule has 0 aliphatic carbocycles. The zero-order valence-corrected chi connectivity index (χ0v) is 10.5. The van der Waals surface area contributed by atoms with Gasteiger partial charge in [0.15, 0.2) is 0 Å². The minimum absolute atomic E-state index is 0. The maximum absolute atomic E-state index is 10.8. The van der Waals surface area contributed by atoms with Crippen LogP contribution in [-0.2, 0) is 16.5 Å². The SMILES string of the molecule is CCc1ccccc1S(=O)(=O)O.[H-].[Na+]. The number of rotatable bonds is 2. The van der Waals surface area contributed by atoms with Crippen molar-refractivity contribution in [2.75, 3.05) is 0 Å². The van der Waals surface area contributed by atoms with Gasteiger partial charge in [0, 0.05) is 0 Å². The Morgan fingerprint density at radius 3 is 2.31 bits per heavy atom. The molecule has 13 heavy (non-hydrogen) atoms. The Bertz CT molecular complexity index is 378. The van der Waals surface area contributed by atoms with Crippen molar-refractivity contribution in [3.05, 3.63) is 29.8 Å². The van der Waals surface area contributed by atoms with Gasteiger partial charge in [-0.05, 0) is 18.1 Å². The summed E-state index contributed by atoms with van der Waals surface area (Å²) in [6, 6.07) is 6.41. The zero-order valence-electron chi connectivity index (χ0n) is 8.69. The van der Waals surface area contributed by atoms with Gasteiger partial charge in [0.1, 0.15) is 0 Å². The summed E-state index contributed by atoms with van der Waals surface area (Å²) in [5.74, 6) is 0. The van der Waals surface area contributed by atoms with E-state index in [9.17, 15) is 8.42 Å². The van der Waals surface area contributed by atoms with E-state index in [2.05, 4.69) is 0 Å². The van der Waals surface area contributed by atoms with E-state index in [1.165, 1.54) is 6.07 Å². The molecule has 0 aliphatic rings. The molecule has 0 radical (unpaired) electrons. The average Bonchev–Trinajstić information content (AvgIpc) is 2.03. The van der Waals surface area contributed by atoms with Crippen LogP contribution in [0.2, 0.25) is 0 Å². The molecular formula is C8H11NaO3S. The van der Waals surface area contributed by atoms with Gasteiger partial charge in [-0.25, -0.2) is 0 Å². The maximum atomic E-state index is 10.8. The molecule has 0 fully saturated rings. The van der Waals surface area contributed by atoms with E-state index in [-0.39, 0.29) is 35.9 Å². The first-order valence-corrected chi connectivity index (χ1v) is 5.05. The molecule has 0 unspecified atom stereocenters. The molecule has 68 valence electrons. The third kappa shape index (κ3) is 3.40. The van der Waals surface area contributed by atoms with Gasteiger partial charge in [0.2, 0.25) is 0 Å². The van der Waals surface area contributed by atoms with Crippen LogP contribution in [0, 0.1) is 0 Å². The molecule has 0 heterocycles. The van der Waals surface area contributed by atoms with Crippen LogP contribution >= 0.6 is 0 Å². The Balaban J connectivity index is 0. The van der Waals surface area contributed by atoms with Gasteiger partial charge in [-0.15, -0.1) is 0 Å². The molecular weight excluding hydrogens is 199 g/mol. The Labute approximate surface area is 102 Å². The second-order valence-corrected chi connectivity index (χ2v) is 3.83. The Morgan fingerprint density at radius 2 is 1.92 bits per heavy atom. The van der Waals surface area contributed by atoms with Gasteiger partial charge in [-0.2, -0.15) is 8.42 Å². The van der Waals surface area contributed by atoms with E-state index in [1.54, 1.807) is 18.2 Å². The molecule has 0 spiro atoms. The summed E-state index contributed by atoms with van der Waals surface area (Å²) in [6.07, 6.45) is 0.593. The first kappa shape index (κ1) is 13.1. The number of benzene rings is 1. The first-order chi connectivity index (χ1) is 5.55. The monoisotopic (exact) mass is 210 g/mol. The molecule has 5 heteroatoms. The summed E-state index contributed by atoms with van der Waals surface area (Å²) in [7, 11) is -4.05. The van der Waals surface area contributed by atoms with Crippen molar-refractivity contribution < 1.29 is 44.0 Å². The summed E-state index contributed by atoms with van der Waals surface area (Å²) in [5.41, 5.74) is 0.639. The van der Waals surface area contributed by atoms with E-state index >= 15 is 0 Å². The summed E-state index contributed by atoms with van der Waals surface area (Å²) in [6.45, 7) is 1.84. The fraction of sp³-hybridized carbons (Fsp3) is 0.250. The number of hydrogen-bond donors (Lipinski definition) is 1. The molecule has 0 amide bonds. The quantitative estimate of drug-likeness (QED) is 0.483. The van der Waals surface area contributed by atoms with Crippen LogP contribution in [0.25, 0.3) is 0 Å². The van der Waals surface area contributed by atoms with E-state index in [1.807, 2.05) is 6.92 Å². The largest absolute Gasteiger partial charge is 1.00 e. The van der Waals surface area contributed by atoms with Crippen LogP contribution in [0.3, 0.4) is 0 Å². The van der Waals surface area contributed by atoms with E-state index < -0.39 is 10.1 Å². The zero-order chi connectivity index (χ0) is 9.19. The van der Waals surface area contributed by atoms with Crippen molar-refractivity contribution in [2.45, 2.75) is 18.2 Å². The minimum Gasteiger partial charge on any atom is -1.00 e. The average molecular weight is 210 g/mol. The molecule has 0 aromatic heterocycles. The predicted molar refractivity (Wildman–Crippen MR) is 46.7 cm³/mol. The van der Waals surface area contributed by atoms with Crippen molar-refractivity contribution in [1.29, 1.82) is 0 Å². The van der Waals surface area contributed by atoms with Crippen molar-refractivity contribution in [2.24, 2.45) is 0 Å². The fourth-order valence-electron chi connectivity index (χ4n) is 1.05.